The van der Waals surface area contributed by atoms with Gasteiger partial charge in [0.2, 0.25) is 0 Å². The Labute approximate surface area is 106 Å². The number of carbonyl (C=O) groups is 2. The van der Waals surface area contributed by atoms with Crippen molar-refractivity contribution in [3.05, 3.63) is 12.8 Å². The predicted octanol–water partition coefficient (Wildman–Crippen LogP) is 2.21. The topological polar surface area (TPSA) is 80.3 Å². The first-order valence-electron chi connectivity index (χ1n) is 5.53. The summed E-state index contributed by atoms with van der Waals surface area (Å²) in [6.45, 7) is 7.10. The summed E-state index contributed by atoms with van der Waals surface area (Å²) in [5.74, 6) is 0. The van der Waals surface area contributed by atoms with Gasteiger partial charge in [0.05, 0.1) is 32.5 Å². The van der Waals surface area contributed by atoms with Gasteiger partial charge in [0.1, 0.15) is 0 Å². The van der Waals surface area contributed by atoms with Crippen LogP contribution in [0.1, 0.15) is 20.3 Å². The van der Waals surface area contributed by atoms with Crippen LogP contribution < -0.4 is 0 Å². The average molecular weight is 262 g/mol. The van der Waals surface area contributed by atoms with Gasteiger partial charge in [-0.2, -0.15) is 0 Å². The molecule has 0 aromatic heterocycles. The molecule has 0 fully saturated rings. The summed E-state index contributed by atoms with van der Waals surface area (Å²) in [6, 6.07) is 0. The highest BCUT2D eigenvalue weighted by Crippen LogP contribution is 2.05. The Morgan fingerprint density at radius 1 is 1.11 bits per heavy atom. The van der Waals surface area contributed by atoms with Gasteiger partial charge < -0.3 is 23.7 Å². The normalized spacial score (nSPS) is 9.50. The lowest BCUT2D eigenvalue weighted by Gasteiger charge is -2.16. The SMILES string of the molecule is C=COCCC(OC(=O)OCC)OC(=O)OCC. The minimum absolute atomic E-state index is 0.143. The van der Waals surface area contributed by atoms with Gasteiger partial charge in [-0.15, -0.1) is 0 Å². The average Bonchev–Trinajstić information content (AvgIpc) is 2.29. The number of rotatable bonds is 8. The van der Waals surface area contributed by atoms with Crippen molar-refractivity contribution in [3.63, 3.8) is 0 Å². The summed E-state index contributed by atoms with van der Waals surface area (Å²) in [7, 11) is 0. The number of ether oxygens (including phenoxy) is 5. The van der Waals surface area contributed by atoms with Gasteiger partial charge in [0.25, 0.3) is 6.29 Å². The van der Waals surface area contributed by atoms with Crippen LogP contribution in [0.2, 0.25) is 0 Å². The van der Waals surface area contributed by atoms with E-state index in [1.165, 1.54) is 6.26 Å². The molecule has 0 rings (SSSR count). The zero-order valence-electron chi connectivity index (χ0n) is 10.5. The van der Waals surface area contributed by atoms with Crippen LogP contribution in [0.15, 0.2) is 12.8 Å². The Morgan fingerprint density at radius 3 is 2.00 bits per heavy atom. The third-order valence-electron chi connectivity index (χ3n) is 1.57. The van der Waals surface area contributed by atoms with Gasteiger partial charge in [-0.3, -0.25) is 0 Å². The fourth-order valence-corrected chi connectivity index (χ4v) is 0.908. The summed E-state index contributed by atoms with van der Waals surface area (Å²) >= 11 is 0. The van der Waals surface area contributed by atoms with Crippen molar-refractivity contribution < 1.29 is 33.3 Å². The van der Waals surface area contributed by atoms with Crippen LogP contribution in [0.3, 0.4) is 0 Å². The summed E-state index contributed by atoms with van der Waals surface area (Å²) in [5, 5.41) is 0. The van der Waals surface area contributed by atoms with Crippen LogP contribution in [-0.4, -0.2) is 38.4 Å². The lowest BCUT2D eigenvalue weighted by atomic mass is 10.4. The quantitative estimate of drug-likeness (QED) is 0.287. The first kappa shape index (κ1) is 16.1. The zero-order chi connectivity index (χ0) is 13.8. The van der Waals surface area contributed by atoms with E-state index in [2.05, 4.69) is 16.1 Å². The maximum absolute atomic E-state index is 11.1. The van der Waals surface area contributed by atoms with Crippen molar-refractivity contribution in [3.8, 4) is 0 Å². The van der Waals surface area contributed by atoms with Crippen molar-refractivity contribution in [2.45, 2.75) is 26.6 Å². The van der Waals surface area contributed by atoms with E-state index in [-0.39, 0.29) is 26.2 Å². The Kier molecular flexibility index (Phi) is 9.15. The maximum atomic E-state index is 11.1. The zero-order valence-corrected chi connectivity index (χ0v) is 10.5. The Balaban J connectivity index is 4.18. The third-order valence-corrected chi connectivity index (χ3v) is 1.57. The van der Waals surface area contributed by atoms with Crippen LogP contribution in [0.5, 0.6) is 0 Å². The van der Waals surface area contributed by atoms with Crippen LogP contribution >= 0.6 is 0 Å². The lowest BCUT2D eigenvalue weighted by Crippen LogP contribution is -2.26. The first-order valence-corrected chi connectivity index (χ1v) is 5.53. The molecule has 0 aromatic rings. The van der Waals surface area contributed by atoms with E-state index in [4.69, 9.17) is 14.2 Å². The second kappa shape index (κ2) is 10.2. The van der Waals surface area contributed by atoms with E-state index in [1.54, 1.807) is 13.8 Å². The van der Waals surface area contributed by atoms with E-state index >= 15 is 0 Å². The third kappa shape index (κ3) is 8.26. The van der Waals surface area contributed by atoms with Crippen LogP contribution in [0, 0.1) is 0 Å². The van der Waals surface area contributed by atoms with E-state index in [9.17, 15) is 9.59 Å². The van der Waals surface area contributed by atoms with Gasteiger partial charge in [-0.25, -0.2) is 9.59 Å². The van der Waals surface area contributed by atoms with Gasteiger partial charge >= 0.3 is 12.3 Å². The van der Waals surface area contributed by atoms with E-state index < -0.39 is 18.6 Å². The molecule has 104 valence electrons. The van der Waals surface area contributed by atoms with E-state index in [1.807, 2.05) is 0 Å². The second-order valence-corrected chi connectivity index (χ2v) is 2.86. The summed E-state index contributed by atoms with van der Waals surface area (Å²) in [6.07, 6.45) is -1.60. The molecule has 0 heterocycles. The lowest BCUT2D eigenvalue weighted by molar-refractivity contribution is -0.111. The minimum Gasteiger partial charge on any atom is -0.502 e. The highest BCUT2D eigenvalue weighted by molar-refractivity contribution is 5.62. The molecule has 0 aliphatic heterocycles. The van der Waals surface area contributed by atoms with Crippen LogP contribution in [-0.2, 0) is 23.7 Å². The van der Waals surface area contributed by atoms with Crippen molar-refractivity contribution in [1.29, 1.82) is 0 Å². The Bertz CT molecular complexity index is 244. The number of carbonyl (C=O) groups excluding carboxylic acids is 2. The first-order chi connectivity index (χ1) is 8.63. The number of hydrogen-bond donors (Lipinski definition) is 0. The van der Waals surface area contributed by atoms with Crippen LogP contribution in [0.4, 0.5) is 9.59 Å². The maximum Gasteiger partial charge on any atom is 0.511 e. The van der Waals surface area contributed by atoms with Gasteiger partial charge in [0, 0.05) is 0 Å². The Hall–Kier alpha value is -1.92. The molecular formula is C11H18O7. The molecular weight excluding hydrogens is 244 g/mol. The fraction of sp³-hybridized carbons (Fsp3) is 0.636. The standard InChI is InChI=1S/C11H18O7/c1-4-14-8-7-9(17-10(12)15-5-2)18-11(13)16-6-3/h4,9H,1,5-8H2,2-3H3. The largest absolute Gasteiger partial charge is 0.511 e. The van der Waals surface area contributed by atoms with Crippen molar-refractivity contribution in [2.24, 2.45) is 0 Å². The minimum atomic E-state index is -1.12. The molecule has 7 heteroatoms. The summed E-state index contributed by atoms with van der Waals surface area (Å²) in [4.78, 5) is 22.2. The molecule has 0 N–H and O–H groups in total. The molecule has 0 spiro atoms. The highest BCUT2D eigenvalue weighted by Gasteiger charge is 2.20. The van der Waals surface area contributed by atoms with E-state index in [0.717, 1.165) is 0 Å². The number of hydrogen-bond acceptors (Lipinski definition) is 7. The van der Waals surface area contributed by atoms with Crippen molar-refractivity contribution in [1.82, 2.24) is 0 Å². The van der Waals surface area contributed by atoms with Crippen molar-refractivity contribution >= 4 is 12.3 Å². The second-order valence-electron chi connectivity index (χ2n) is 2.86. The molecule has 0 saturated heterocycles. The van der Waals surface area contributed by atoms with Gasteiger partial charge in [-0.05, 0) is 13.8 Å². The fourth-order valence-electron chi connectivity index (χ4n) is 0.908. The summed E-state index contributed by atoms with van der Waals surface area (Å²) < 4.78 is 23.5. The van der Waals surface area contributed by atoms with Crippen LogP contribution in [0.25, 0.3) is 0 Å². The smallest absolute Gasteiger partial charge is 0.502 e. The van der Waals surface area contributed by atoms with Gasteiger partial charge in [0.15, 0.2) is 0 Å². The molecule has 0 amide bonds. The molecule has 0 aliphatic rings. The molecule has 0 radical (unpaired) electrons. The molecule has 0 atom stereocenters. The highest BCUT2D eigenvalue weighted by atomic mass is 16.8. The Morgan fingerprint density at radius 2 is 1.61 bits per heavy atom. The summed E-state index contributed by atoms with van der Waals surface area (Å²) in [5.41, 5.74) is 0. The van der Waals surface area contributed by atoms with Crippen molar-refractivity contribution in [2.75, 3.05) is 19.8 Å². The monoisotopic (exact) mass is 262 g/mol. The molecule has 0 aromatic carbocycles. The predicted molar refractivity (Wildman–Crippen MR) is 60.8 cm³/mol. The van der Waals surface area contributed by atoms with E-state index in [0.29, 0.717) is 0 Å². The molecule has 0 saturated carbocycles. The van der Waals surface area contributed by atoms with Gasteiger partial charge in [-0.1, -0.05) is 6.58 Å². The molecule has 7 nitrogen and oxygen atoms in total. The molecule has 18 heavy (non-hydrogen) atoms. The molecule has 0 unspecified atom stereocenters. The molecule has 0 aliphatic carbocycles. The molecule has 0 bridgehead atoms.